The van der Waals surface area contributed by atoms with Gasteiger partial charge in [-0.3, -0.25) is 0 Å². The second-order valence-electron chi connectivity index (χ2n) is 0.749. The molecule has 0 bridgehead atoms. The molecule has 0 fully saturated rings. The molecule has 0 aromatic heterocycles. The van der Waals surface area contributed by atoms with Crippen LogP contribution >= 0.6 is 13.5 Å². The van der Waals surface area contributed by atoms with Gasteiger partial charge in [0.15, 0.2) is 6.67 Å². The van der Waals surface area contributed by atoms with Crippen molar-refractivity contribution in [2.45, 2.75) is 6.18 Å². The van der Waals surface area contributed by atoms with E-state index in [2.05, 4.69) is 0 Å². The summed E-state index contributed by atoms with van der Waals surface area (Å²) in [6, 6.07) is 0. The lowest BCUT2D eigenvalue weighted by atomic mass is 10.8. The minimum Gasteiger partial charge on any atom is -0.241 e. The fourth-order valence-corrected chi connectivity index (χ4v) is 0. The van der Waals surface area contributed by atoms with E-state index in [1.807, 2.05) is 0 Å². The van der Waals surface area contributed by atoms with Gasteiger partial charge in [0.2, 0.25) is 0 Å². The van der Waals surface area contributed by atoms with Gasteiger partial charge >= 0.3 is 6.18 Å². The molecule has 0 rings (SSSR count). The summed E-state index contributed by atoms with van der Waals surface area (Å²) in [5.41, 5.74) is 0. The third-order valence-corrected chi connectivity index (χ3v) is 0.152. The maximum atomic E-state index is 10.4. The highest BCUT2D eigenvalue weighted by atomic mass is 32.1. The Morgan fingerprint density at radius 1 is 1.14 bits per heavy atom. The molecule has 0 aliphatic rings. The summed E-state index contributed by atoms with van der Waals surface area (Å²) in [6.45, 7) is -2.23. The molecule has 0 heterocycles. The highest BCUT2D eigenvalue weighted by Gasteiger charge is 2.26. The van der Waals surface area contributed by atoms with Crippen LogP contribution < -0.4 is 0 Å². The van der Waals surface area contributed by atoms with Gasteiger partial charge in [0.25, 0.3) is 0 Å². The minimum absolute atomic E-state index is 0. The Morgan fingerprint density at radius 2 is 1.29 bits per heavy atom. The zero-order chi connectivity index (χ0) is 5.21. The van der Waals surface area contributed by atoms with E-state index in [0.717, 1.165) is 0 Å². The molecule has 0 saturated heterocycles. The van der Waals surface area contributed by atoms with Crippen molar-refractivity contribution in [1.29, 1.82) is 0 Å². The van der Waals surface area contributed by atoms with Gasteiger partial charge in [0.1, 0.15) is 0 Å². The Hall–Kier alpha value is 0.0700. The van der Waals surface area contributed by atoms with Crippen LogP contribution in [0.25, 0.3) is 0 Å². The van der Waals surface area contributed by atoms with Crippen LogP contribution in [0.1, 0.15) is 0 Å². The van der Waals surface area contributed by atoms with Crippen LogP contribution in [0, 0.1) is 0 Å². The van der Waals surface area contributed by atoms with Crippen LogP contribution in [0.3, 0.4) is 0 Å². The van der Waals surface area contributed by atoms with Gasteiger partial charge < -0.3 is 0 Å². The Bertz CT molecular complexity index is 39.4. The molecule has 0 spiro atoms. The maximum absolute atomic E-state index is 10.4. The standard InChI is InChI=1S/C2H2F4.H2S/c3-1-2(4,5)6;/h1H2;1H2. The number of rotatable bonds is 0. The smallest absolute Gasteiger partial charge is 0.241 e. The average Bonchev–Trinajstić information content (AvgIpc) is 1.35. The largest absolute Gasteiger partial charge is 0.416 e. The lowest BCUT2D eigenvalue weighted by Gasteiger charge is -1.93. The molecule has 0 amide bonds. The van der Waals surface area contributed by atoms with Crippen molar-refractivity contribution in [3.05, 3.63) is 0 Å². The van der Waals surface area contributed by atoms with Crippen molar-refractivity contribution < 1.29 is 17.6 Å². The zero-order valence-electron chi connectivity index (χ0n) is 3.22. The fourth-order valence-electron chi connectivity index (χ4n) is 0. The molecule has 0 unspecified atom stereocenters. The summed E-state index contributed by atoms with van der Waals surface area (Å²) in [5.74, 6) is 0. The van der Waals surface area contributed by atoms with E-state index in [9.17, 15) is 17.6 Å². The summed E-state index contributed by atoms with van der Waals surface area (Å²) < 4.78 is 41.6. The molecule has 0 N–H and O–H groups in total. The van der Waals surface area contributed by atoms with Crippen molar-refractivity contribution in [2.75, 3.05) is 6.67 Å². The van der Waals surface area contributed by atoms with Gasteiger partial charge in [-0.1, -0.05) is 0 Å². The highest BCUT2D eigenvalue weighted by molar-refractivity contribution is 7.59. The average molecular weight is 136 g/mol. The molecule has 0 nitrogen and oxygen atoms in total. The second-order valence-corrected chi connectivity index (χ2v) is 0.749. The third-order valence-electron chi connectivity index (χ3n) is 0.152. The minimum atomic E-state index is -4.62. The fraction of sp³-hybridized carbons (Fsp3) is 1.00. The van der Waals surface area contributed by atoms with Crippen LogP contribution in [-0.4, -0.2) is 12.9 Å². The molecule has 46 valence electrons. The van der Waals surface area contributed by atoms with Gasteiger partial charge in [-0.05, 0) is 0 Å². The molecule has 0 aromatic carbocycles. The Labute approximate surface area is 45.0 Å². The van der Waals surface area contributed by atoms with Gasteiger partial charge in [-0.15, -0.1) is 0 Å². The summed E-state index contributed by atoms with van der Waals surface area (Å²) in [5, 5.41) is 0. The van der Waals surface area contributed by atoms with Gasteiger partial charge in [-0.25, -0.2) is 4.39 Å². The molecule has 0 aliphatic carbocycles. The molecule has 0 atom stereocenters. The Morgan fingerprint density at radius 3 is 1.29 bits per heavy atom. The van der Waals surface area contributed by atoms with Crippen LogP contribution in [-0.2, 0) is 0 Å². The van der Waals surface area contributed by atoms with Crippen LogP contribution in [0.2, 0.25) is 0 Å². The first-order chi connectivity index (χ1) is 2.56. The van der Waals surface area contributed by atoms with E-state index < -0.39 is 12.9 Å². The lowest BCUT2D eigenvalue weighted by Crippen LogP contribution is -2.08. The first-order valence-corrected chi connectivity index (χ1v) is 1.19. The first kappa shape index (κ1) is 10.1. The first-order valence-electron chi connectivity index (χ1n) is 1.19. The topological polar surface area (TPSA) is 0 Å². The SMILES string of the molecule is FCC(F)(F)F.S. The van der Waals surface area contributed by atoms with E-state index in [1.54, 1.807) is 0 Å². The molecule has 7 heavy (non-hydrogen) atoms. The molecule has 0 radical (unpaired) electrons. The number of alkyl halides is 4. The van der Waals surface area contributed by atoms with Gasteiger partial charge in [0, 0.05) is 0 Å². The third kappa shape index (κ3) is 10.7. The molecular weight excluding hydrogens is 132 g/mol. The van der Waals surface area contributed by atoms with Crippen molar-refractivity contribution in [3.63, 3.8) is 0 Å². The molecule has 5 heteroatoms. The second kappa shape index (κ2) is 3.12. The molecule has 0 saturated carbocycles. The summed E-state index contributed by atoms with van der Waals surface area (Å²) in [6.07, 6.45) is -4.62. The van der Waals surface area contributed by atoms with Gasteiger partial charge in [-0.2, -0.15) is 26.7 Å². The van der Waals surface area contributed by atoms with E-state index >= 15 is 0 Å². The number of halogens is 4. The quantitative estimate of drug-likeness (QED) is 0.444. The maximum Gasteiger partial charge on any atom is 0.416 e. The zero-order valence-corrected chi connectivity index (χ0v) is 4.22. The summed E-state index contributed by atoms with van der Waals surface area (Å²) >= 11 is 0. The summed E-state index contributed by atoms with van der Waals surface area (Å²) in [4.78, 5) is 0. The van der Waals surface area contributed by atoms with Crippen molar-refractivity contribution >= 4 is 13.5 Å². The molecule has 0 aliphatic heterocycles. The molecule has 0 aromatic rings. The van der Waals surface area contributed by atoms with E-state index in [0.29, 0.717) is 0 Å². The van der Waals surface area contributed by atoms with Gasteiger partial charge in [0.05, 0.1) is 0 Å². The van der Waals surface area contributed by atoms with Crippen LogP contribution in [0.4, 0.5) is 17.6 Å². The Balaban J connectivity index is 0. The van der Waals surface area contributed by atoms with Crippen molar-refractivity contribution in [2.24, 2.45) is 0 Å². The monoisotopic (exact) mass is 136 g/mol. The van der Waals surface area contributed by atoms with Crippen LogP contribution in [0.15, 0.2) is 0 Å². The van der Waals surface area contributed by atoms with Crippen LogP contribution in [0.5, 0.6) is 0 Å². The highest BCUT2D eigenvalue weighted by Crippen LogP contribution is 2.13. The molecular formula is C2H4F4S. The predicted octanol–water partition coefficient (Wildman–Crippen LogP) is 1.63. The number of hydrogen-bond donors (Lipinski definition) is 0. The predicted molar refractivity (Wildman–Crippen MR) is 22.4 cm³/mol. The normalized spacial score (nSPS) is 10.3. The number of hydrogen-bond acceptors (Lipinski definition) is 0. The van der Waals surface area contributed by atoms with E-state index in [-0.39, 0.29) is 13.5 Å². The van der Waals surface area contributed by atoms with Crippen molar-refractivity contribution in [3.8, 4) is 0 Å². The van der Waals surface area contributed by atoms with E-state index in [1.165, 1.54) is 0 Å². The lowest BCUT2D eigenvalue weighted by molar-refractivity contribution is -0.142. The van der Waals surface area contributed by atoms with Crippen molar-refractivity contribution in [1.82, 2.24) is 0 Å². The van der Waals surface area contributed by atoms with E-state index in [4.69, 9.17) is 0 Å². The Kier molecular flexibility index (Phi) is 4.52. The summed E-state index contributed by atoms with van der Waals surface area (Å²) in [7, 11) is 0.